The summed E-state index contributed by atoms with van der Waals surface area (Å²) in [6.07, 6.45) is 0.121. The van der Waals surface area contributed by atoms with Gasteiger partial charge in [0, 0.05) is 28.1 Å². The third kappa shape index (κ3) is 6.34. The number of hydrogen-bond acceptors (Lipinski definition) is 3. The number of benzene rings is 2. The Kier molecular flexibility index (Phi) is 8.81. The summed E-state index contributed by atoms with van der Waals surface area (Å²) in [5.41, 5.74) is 3.15. The van der Waals surface area contributed by atoms with Crippen molar-refractivity contribution in [3.05, 3.63) is 63.1 Å². The smallest absolute Gasteiger partial charge is 0.261 e. The van der Waals surface area contributed by atoms with Crippen LogP contribution in [0.25, 0.3) is 0 Å². The second-order valence-corrected chi connectivity index (χ2v) is 8.18. The van der Waals surface area contributed by atoms with Crippen LogP contribution in [0.5, 0.6) is 5.75 Å². The molecule has 0 aliphatic heterocycles. The molecule has 0 saturated carbocycles. The highest BCUT2D eigenvalue weighted by Crippen LogP contribution is 2.28. The first-order valence-corrected chi connectivity index (χ1v) is 10.9. The Hall–Kier alpha value is -1.36. The van der Waals surface area contributed by atoms with Crippen LogP contribution >= 0.6 is 35.0 Å². The van der Waals surface area contributed by atoms with Crippen molar-refractivity contribution >= 4 is 40.9 Å². The van der Waals surface area contributed by atoms with Gasteiger partial charge in [-0.3, -0.25) is 4.79 Å². The number of amides is 1. The van der Waals surface area contributed by atoms with Crippen molar-refractivity contribution < 1.29 is 9.53 Å². The second kappa shape index (κ2) is 10.8. The van der Waals surface area contributed by atoms with Crippen LogP contribution in [-0.4, -0.2) is 24.3 Å². The quantitative estimate of drug-likeness (QED) is 0.514. The van der Waals surface area contributed by atoms with Crippen molar-refractivity contribution in [2.24, 2.45) is 0 Å². The summed E-state index contributed by atoms with van der Waals surface area (Å²) in [5, 5.41) is 4.30. The summed E-state index contributed by atoms with van der Waals surface area (Å²) in [6.45, 7) is 6.55. The Balaban J connectivity index is 1.79. The molecule has 1 amide bonds. The lowest BCUT2D eigenvalue weighted by atomic mass is 10.1. The van der Waals surface area contributed by atoms with Gasteiger partial charge < -0.3 is 10.1 Å². The fourth-order valence-electron chi connectivity index (χ4n) is 2.53. The van der Waals surface area contributed by atoms with E-state index in [1.165, 1.54) is 0 Å². The van der Waals surface area contributed by atoms with Crippen LogP contribution in [0.4, 0.5) is 0 Å². The topological polar surface area (TPSA) is 38.3 Å². The summed E-state index contributed by atoms with van der Waals surface area (Å²) in [5.74, 6) is 2.16. The maximum absolute atomic E-state index is 12.4. The number of ether oxygens (including phenoxy) is 1. The molecule has 0 heterocycles. The zero-order valence-electron chi connectivity index (χ0n) is 15.9. The van der Waals surface area contributed by atoms with Gasteiger partial charge in [-0.15, -0.1) is 0 Å². The number of thioether (sulfide) groups is 1. The number of hydrogen-bond donors (Lipinski definition) is 1. The molecule has 0 aliphatic carbocycles. The molecule has 0 aromatic heterocycles. The summed E-state index contributed by atoms with van der Waals surface area (Å²) in [7, 11) is 0. The van der Waals surface area contributed by atoms with E-state index >= 15 is 0 Å². The highest BCUT2D eigenvalue weighted by atomic mass is 35.5. The Bertz CT molecular complexity index is 763. The maximum atomic E-state index is 12.4. The molecule has 2 aromatic rings. The first-order chi connectivity index (χ1) is 12.9. The molecule has 0 unspecified atom stereocenters. The Morgan fingerprint density at radius 2 is 1.81 bits per heavy atom. The van der Waals surface area contributed by atoms with Gasteiger partial charge in [0.25, 0.3) is 5.91 Å². The van der Waals surface area contributed by atoms with Crippen LogP contribution < -0.4 is 10.1 Å². The molecule has 2 rings (SSSR count). The molecule has 1 N–H and O–H groups in total. The number of carbonyl (C=O) groups is 1. The van der Waals surface area contributed by atoms with Crippen LogP contribution in [0, 0.1) is 13.8 Å². The van der Waals surface area contributed by atoms with E-state index in [4.69, 9.17) is 27.9 Å². The average Bonchev–Trinajstić information content (AvgIpc) is 2.64. The van der Waals surface area contributed by atoms with Crippen molar-refractivity contribution in [3.63, 3.8) is 0 Å². The zero-order chi connectivity index (χ0) is 19.8. The second-order valence-electron chi connectivity index (χ2n) is 6.26. The number of nitrogens with one attached hydrogen (secondary N) is 1. The Morgan fingerprint density at radius 3 is 2.48 bits per heavy atom. The standard InChI is InChI=1S/C21H25Cl2NO2S/c1-4-19(26-20-10-5-7-14(2)15(20)3)21(25)24-11-12-27-13-16-17(22)8-6-9-18(16)23/h5-10,19H,4,11-13H2,1-3H3,(H,24,25)/t19-/m0/s1. The molecule has 2 aromatic carbocycles. The lowest BCUT2D eigenvalue weighted by molar-refractivity contribution is -0.128. The molecule has 27 heavy (non-hydrogen) atoms. The highest BCUT2D eigenvalue weighted by molar-refractivity contribution is 7.98. The molecule has 6 heteroatoms. The minimum atomic E-state index is -0.492. The van der Waals surface area contributed by atoms with E-state index in [9.17, 15) is 4.79 Å². The predicted octanol–water partition coefficient (Wildman–Crippen LogP) is 5.82. The minimum absolute atomic E-state index is 0.0882. The van der Waals surface area contributed by atoms with E-state index in [1.807, 2.05) is 57.2 Å². The molecule has 0 bridgehead atoms. The van der Waals surface area contributed by atoms with E-state index < -0.39 is 6.10 Å². The molecule has 0 radical (unpaired) electrons. The molecule has 0 saturated heterocycles. The summed E-state index contributed by atoms with van der Waals surface area (Å²) in [4.78, 5) is 12.4. The summed E-state index contributed by atoms with van der Waals surface area (Å²) >= 11 is 14.0. The van der Waals surface area contributed by atoms with Gasteiger partial charge >= 0.3 is 0 Å². The van der Waals surface area contributed by atoms with Gasteiger partial charge in [-0.1, -0.05) is 48.3 Å². The van der Waals surface area contributed by atoms with Crippen LogP contribution in [-0.2, 0) is 10.5 Å². The largest absolute Gasteiger partial charge is 0.480 e. The molecule has 0 fully saturated rings. The number of halogens is 2. The molecular weight excluding hydrogens is 401 g/mol. The van der Waals surface area contributed by atoms with Crippen LogP contribution in [0.15, 0.2) is 36.4 Å². The van der Waals surface area contributed by atoms with Gasteiger partial charge in [0.2, 0.25) is 0 Å². The molecule has 146 valence electrons. The SMILES string of the molecule is CC[C@H](Oc1cccc(C)c1C)C(=O)NCCSCc1c(Cl)cccc1Cl. The lowest BCUT2D eigenvalue weighted by Crippen LogP contribution is -2.39. The average molecular weight is 426 g/mol. The van der Waals surface area contributed by atoms with Crippen LogP contribution in [0.3, 0.4) is 0 Å². The van der Waals surface area contributed by atoms with Gasteiger partial charge in [-0.25, -0.2) is 0 Å². The fourth-order valence-corrected chi connectivity index (χ4v) is 4.13. The van der Waals surface area contributed by atoms with E-state index in [2.05, 4.69) is 5.32 Å². The van der Waals surface area contributed by atoms with E-state index in [0.29, 0.717) is 28.8 Å². The van der Waals surface area contributed by atoms with E-state index in [-0.39, 0.29) is 5.91 Å². The molecule has 3 nitrogen and oxygen atoms in total. The molecule has 0 spiro atoms. The summed E-state index contributed by atoms with van der Waals surface area (Å²) in [6, 6.07) is 11.4. The van der Waals surface area contributed by atoms with Crippen LogP contribution in [0.1, 0.15) is 30.0 Å². The van der Waals surface area contributed by atoms with Crippen molar-refractivity contribution in [2.45, 2.75) is 39.0 Å². The first kappa shape index (κ1) is 21.9. The van der Waals surface area contributed by atoms with Crippen LogP contribution in [0.2, 0.25) is 10.0 Å². The predicted molar refractivity (Wildman–Crippen MR) is 116 cm³/mol. The normalized spacial score (nSPS) is 11.9. The van der Waals surface area contributed by atoms with Gasteiger partial charge in [0.1, 0.15) is 5.75 Å². The van der Waals surface area contributed by atoms with Crippen molar-refractivity contribution in [3.8, 4) is 5.75 Å². The van der Waals surface area contributed by atoms with Crippen molar-refractivity contribution in [1.82, 2.24) is 5.32 Å². The minimum Gasteiger partial charge on any atom is -0.480 e. The molecular formula is C21H25Cl2NO2S. The number of rotatable bonds is 9. The number of carbonyl (C=O) groups excluding carboxylic acids is 1. The third-order valence-corrected chi connectivity index (χ3v) is 6.03. The Morgan fingerprint density at radius 1 is 1.15 bits per heavy atom. The molecule has 0 aliphatic rings. The summed E-state index contributed by atoms with van der Waals surface area (Å²) < 4.78 is 5.94. The van der Waals surface area contributed by atoms with Crippen molar-refractivity contribution in [1.29, 1.82) is 0 Å². The monoisotopic (exact) mass is 425 g/mol. The molecule has 1 atom stereocenters. The Labute approximate surface area is 175 Å². The van der Waals surface area contributed by atoms with E-state index in [1.54, 1.807) is 11.8 Å². The third-order valence-electron chi connectivity index (χ3n) is 4.34. The van der Waals surface area contributed by atoms with Gasteiger partial charge in [0.05, 0.1) is 0 Å². The fraction of sp³-hybridized carbons (Fsp3) is 0.381. The van der Waals surface area contributed by atoms with Gasteiger partial charge in [-0.05, 0) is 55.2 Å². The highest BCUT2D eigenvalue weighted by Gasteiger charge is 2.19. The lowest BCUT2D eigenvalue weighted by Gasteiger charge is -2.19. The van der Waals surface area contributed by atoms with E-state index in [0.717, 1.165) is 28.2 Å². The maximum Gasteiger partial charge on any atom is 0.261 e. The van der Waals surface area contributed by atoms with Crippen molar-refractivity contribution in [2.75, 3.05) is 12.3 Å². The zero-order valence-corrected chi connectivity index (χ0v) is 18.2. The number of aryl methyl sites for hydroxylation is 1. The van der Waals surface area contributed by atoms with Gasteiger partial charge in [0.15, 0.2) is 6.10 Å². The first-order valence-electron chi connectivity index (χ1n) is 8.95. The van der Waals surface area contributed by atoms with Gasteiger partial charge in [-0.2, -0.15) is 11.8 Å².